The second kappa shape index (κ2) is 7.96. The Morgan fingerprint density at radius 1 is 0.879 bits per heavy atom. The highest BCUT2D eigenvalue weighted by Crippen LogP contribution is 2.42. The minimum atomic E-state index is -0.588. The van der Waals surface area contributed by atoms with E-state index in [1.807, 2.05) is 36.4 Å². The summed E-state index contributed by atoms with van der Waals surface area (Å²) in [5, 5.41) is 0.448. The Hall–Kier alpha value is -2.70. The molecule has 0 radical (unpaired) electrons. The van der Waals surface area contributed by atoms with Crippen molar-refractivity contribution in [2.24, 2.45) is 0 Å². The highest BCUT2D eigenvalue weighted by molar-refractivity contribution is 9.10. The first-order valence-corrected chi connectivity index (χ1v) is 12.2. The van der Waals surface area contributed by atoms with E-state index in [4.69, 9.17) is 4.42 Å². The third kappa shape index (κ3) is 3.75. The van der Waals surface area contributed by atoms with E-state index in [0.717, 1.165) is 14.5 Å². The third-order valence-electron chi connectivity index (χ3n) is 6.01. The van der Waals surface area contributed by atoms with Crippen LogP contribution in [0.2, 0.25) is 0 Å². The Morgan fingerprint density at radius 2 is 1.58 bits per heavy atom. The number of nitrogens with zero attached hydrogens (tertiary/aromatic N) is 1. The Balaban J connectivity index is 1.78. The second-order valence-electron chi connectivity index (χ2n) is 9.24. The predicted molar refractivity (Wildman–Crippen MR) is 138 cm³/mol. The quantitative estimate of drug-likeness (QED) is 0.254. The number of hydrogen-bond acceptors (Lipinski definition) is 3. The molecule has 1 aliphatic heterocycles. The molecule has 2 heterocycles. The normalized spacial score (nSPS) is 15.8. The number of halogens is 2. The van der Waals surface area contributed by atoms with E-state index in [0.29, 0.717) is 22.2 Å². The van der Waals surface area contributed by atoms with Crippen LogP contribution in [-0.4, -0.2) is 5.91 Å². The molecule has 1 amide bonds. The Labute approximate surface area is 208 Å². The van der Waals surface area contributed by atoms with Crippen molar-refractivity contribution in [2.45, 2.75) is 32.2 Å². The van der Waals surface area contributed by atoms with Gasteiger partial charge in [-0.2, -0.15) is 0 Å². The summed E-state index contributed by atoms with van der Waals surface area (Å²) in [5.74, 6) is -0.227. The van der Waals surface area contributed by atoms with Crippen LogP contribution >= 0.6 is 31.9 Å². The van der Waals surface area contributed by atoms with Crippen molar-refractivity contribution in [3.8, 4) is 0 Å². The van der Waals surface area contributed by atoms with Crippen LogP contribution in [-0.2, 0) is 5.41 Å². The van der Waals surface area contributed by atoms with Crippen molar-refractivity contribution in [3.63, 3.8) is 0 Å². The van der Waals surface area contributed by atoms with Gasteiger partial charge in [0.05, 0.1) is 17.0 Å². The topological polar surface area (TPSA) is 50.5 Å². The minimum absolute atomic E-state index is 0.00653. The molecule has 1 aliphatic rings. The number of anilines is 1. The van der Waals surface area contributed by atoms with E-state index >= 15 is 0 Å². The summed E-state index contributed by atoms with van der Waals surface area (Å²) in [6.45, 7) is 6.47. The molecule has 0 N–H and O–H groups in total. The van der Waals surface area contributed by atoms with Crippen molar-refractivity contribution in [1.29, 1.82) is 0 Å². The third-order valence-corrected chi connectivity index (χ3v) is 7.00. The number of carbonyl (C=O) groups is 1. The van der Waals surface area contributed by atoms with Crippen LogP contribution in [0.3, 0.4) is 0 Å². The summed E-state index contributed by atoms with van der Waals surface area (Å²) in [6.07, 6.45) is 0. The Bertz CT molecular complexity index is 1470. The Morgan fingerprint density at radius 3 is 2.24 bits per heavy atom. The van der Waals surface area contributed by atoms with Gasteiger partial charge in [0.2, 0.25) is 5.76 Å². The van der Waals surface area contributed by atoms with Crippen LogP contribution in [0.25, 0.3) is 11.0 Å². The van der Waals surface area contributed by atoms with E-state index in [1.165, 1.54) is 5.56 Å². The van der Waals surface area contributed by atoms with E-state index in [1.54, 1.807) is 23.1 Å². The molecule has 33 heavy (non-hydrogen) atoms. The molecule has 1 aromatic heterocycles. The van der Waals surface area contributed by atoms with Crippen LogP contribution < -0.4 is 10.3 Å². The van der Waals surface area contributed by atoms with Crippen molar-refractivity contribution in [3.05, 3.63) is 108 Å². The molecule has 0 fully saturated rings. The van der Waals surface area contributed by atoms with Crippen LogP contribution in [0.1, 0.15) is 54.1 Å². The van der Waals surface area contributed by atoms with Gasteiger partial charge in [-0.15, -0.1) is 0 Å². The number of hydrogen-bond donors (Lipinski definition) is 0. The van der Waals surface area contributed by atoms with Gasteiger partial charge in [-0.1, -0.05) is 83.0 Å². The molecule has 1 unspecified atom stereocenters. The van der Waals surface area contributed by atoms with Gasteiger partial charge >= 0.3 is 0 Å². The summed E-state index contributed by atoms with van der Waals surface area (Å²) in [4.78, 5) is 29.0. The summed E-state index contributed by atoms with van der Waals surface area (Å²) >= 11 is 6.94. The molecule has 5 rings (SSSR count). The molecule has 0 saturated heterocycles. The number of amides is 1. The van der Waals surface area contributed by atoms with Gasteiger partial charge in [0, 0.05) is 14.6 Å². The zero-order valence-electron chi connectivity index (χ0n) is 18.4. The number of fused-ring (bicyclic) bond motifs is 2. The highest BCUT2D eigenvalue weighted by Gasteiger charge is 2.43. The molecule has 166 valence electrons. The summed E-state index contributed by atoms with van der Waals surface area (Å²) in [6, 6.07) is 20.3. The first kappa shape index (κ1) is 22.1. The largest absolute Gasteiger partial charge is 0.450 e. The van der Waals surface area contributed by atoms with Crippen LogP contribution in [0.15, 0.2) is 84.9 Å². The summed E-state index contributed by atoms with van der Waals surface area (Å²) in [7, 11) is 0. The number of carbonyl (C=O) groups excluding carboxylic acids is 1. The van der Waals surface area contributed by atoms with E-state index in [-0.39, 0.29) is 22.5 Å². The van der Waals surface area contributed by atoms with Crippen LogP contribution in [0, 0.1) is 0 Å². The van der Waals surface area contributed by atoms with E-state index in [2.05, 4.69) is 64.8 Å². The molecule has 1 atom stereocenters. The smallest absolute Gasteiger partial charge is 0.295 e. The SMILES string of the molecule is CC(C)(C)c1ccc(C2c3c(oc4ccc(Br)cc4c3=O)C(=O)N2c2cccc(Br)c2)cc1. The predicted octanol–water partition coefficient (Wildman–Crippen LogP) is 7.37. The standard InChI is InChI=1S/C27H21Br2NO3/c1-27(2,3)16-9-7-15(8-10-16)23-22-24(31)20-14-18(29)11-12-21(20)33-25(22)26(32)30(23)19-6-4-5-17(28)13-19/h4-14,23H,1-3H3. The van der Waals surface area contributed by atoms with Crippen molar-refractivity contribution < 1.29 is 9.21 Å². The summed E-state index contributed by atoms with van der Waals surface area (Å²) < 4.78 is 7.67. The minimum Gasteiger partial charge on any atom is -0.450 e. The summed E-state index contributed by atoms with van der Waals surface area (Å²) in [5.41, 5.74) is 3.30. The van der Waals surface area contributed by atoms with Crippen molar-refractivity contribution in [1.82, 2.24) is 0 Å². The van der Waals surface area contributed by atoms with Gasteiger partial charge < -0.3 is 4.42 Å². The van der Waals surface area contributed by atoms with Gasteiger partial charge in [0.25, 0.3) is 5.91 Å². The maximum absolute atomic E-state index is 13.7. The molecule has 3 aromatic carbocycles. The zero-order chi connectivity index (χ0) is 23.5. The lowest BCUT2D eigenvalue weighted by atomic mass is 9.86. The number of benzene rings is 3. The van der Waals surface area contributed by atoms with Crippen molar-refractivity contribution in [2.75, 3.05) is 4.90 Å². The molecular formula is C27H21Br2NO3. The van der Waals surface area contributed by atoms with Gasteiger partial charge in [0.1, 0.15) is 5.58 Å². The molecule has 0 saturated carbocycles. The van der Waals surface area contributed by atoms with Crippen molar-refractivity contribution >= 4 is 54.4 Å². The molecule has 0 aliphatic carbocycles. The fraction of sp³-hybridized carbons (Fsp3) is 0.185. The molecule has 4 aromatic rings. The maximum atomic E-state index is 13.7. The van der Waals surface area contributed by atoms with Gasteiger partial charge in [-0.05, 0) is 52.9 Å². The molecule has 0 bridgehead atoms. The fourth-order valence-electron chi connectivity index (χ4n) is 4.32. The first-order valence-electron chi connectivity index (χ1n) is 10.6. The van der Waals surface area contributed by atoms with Gasteiger partial charge in [-0.3, -0.25) is 14.5 Å². The lowest BCUT2D eigenvalue weighted by Crippen LogP contribution is -2.29. The first-order chi connectivity index (χ1) is 15.6. The molecule has 4 nitrogen and oxygen atoms in total. The average molecular weight is 567 g/mol. The molecular weight excluding hydrogens is 546 g/mol. The van der Waals surface area contributed by atoms with E-state index < -0.39 is 6.04 Å². The van der Waals surface area contributed by atoms with Gasteiger partial charge in [0.15, 0.2) is 5.43 Å². The Kier molecular flexibility index (Phi) is 5.33. The van der Waals surface area contributed by atoms with Crippen LogP contribution in [0.5, 0.6) is 0 Å². The lowest BCUT2D eigenvalue weighted by molar-refractivity contribution is 0.0971. The fourth-order valence-corrected chi connectivity index (χ4v) is 5.07. The van der Waals surface area contributed by atoms with Gasteiger partial charge in [-0.25, -0.2) is 0 Å². The molecule has 0 spiro atoms. The molecule has 6 heteroatoms. The lowest BCUT2D eigenvalue weighted by Gasteiger charge is -2.26. The van der Waals surface area contributed by atoms with E-state index in [9.17, 15) is 9.59 Å². The highest BCUT2D eigenvalue weighted by atomic mass is 79.9. The maximum Gasteiger partial charge on any atom is 0.295 e. The monoisotopic (exact) mass is 565 g/mol. The van der Waals surface area contributed by atoms with Crippen LogP contribution in [0.4, 0.5) is 5.69 Å². The number of rotatable bonds is 2. The zero-order valence-corrected chi connectivity index (χ0v) is 21.5. The second-order valence-corrected chi connectivity index (χ2v) is 11.1. The average Bonchev–Trinajstić information content (AvgIpc) is 3.06.